The number of nitrogens with zero attached hydrogens (tertiary/aromatic N) is 5. The molecule has 0 aliphatic carbocycles. The summed E-state index contributed by atoms with van der Waals surface area (Å²) in [5.74, 6) is 0.571. The molecule has 0 saturated heterocycles. The van der Waals surface area contributed by atoms with E-state index < -0.39 is 0 Å². The standard InChI is InChI=1S/C13H6ClN5O/c14-10-2-1-4-17-11(10)12-18-13(20-19-12)8-3-5-16-9(6-8)7-15/h1-6H. The maximum atomic E-state index is 8.82. The molecule has 3 aromatic rings. The van der Waals surface area contributed by atoms with E-state index in [1.54, 1.807) is 30.5 Å². The quantitative estimate of drug-likeness (QED) is 0.718. The number of nitriles is 1. The van der Waals surface area contributed by atoms with E-state index in [1.807, 2.05) is 6.07 Å². The number of hydrogen-bond donors (Lipinski definition) is 0. The van der Waals surface area contributed by atoms with Gasteiger partial charge in [-0.05, 0) is 24.3 Å². The van der Waals surface area contributed by atoms with Gasteiger partial charge in [-0.15, -0.1) is 0 Å². The number of aromatic nitrogens is 4. The third-order valence-electron chi connectivity index (χ3n) is 2.52. The minimum atomic E-state index is 0.276. The minimum Gasteiger partial charge on any atom is -0.334 e. The molecule has 0 bridgehead atoms. The van der Waals surface area contributed by atoms with Crippen molar-refractivity contribution in [2.24, 2.45) is 0 Å². The van der Waals surface area contributed by atoms with E-state index in [-0.39, 0.29) is 11.6 Å². The van der Waals surface area contributed by atoms with Crippen molar-refractivity contribution in [1.82, 2.24) is 20.1 Å². The van der Waals surface area contributed by atoms with Gasteiger partial charge in [0.05, 0.1) is 5.02 Å². The van der Waals surface area contributed by atoms with Gasteiger partial charge in [-0.1, -0.05) is 16.8 Å². The first-order valence-electron chi connectivity index (χ1n) is 5.59. The molecular weight excluding hydrogens is 278 g/mol. The Morgan fingerprint density at radius 1 is 1.20 bits per heavy atom. The summed E-state index contributed by atoms with van der Waals surface area (Å²) < 4.78 is 5.16. The molecule has 0 spiro atoms. The van der Waals surface area contributed by atoms with Gasteiger partial charge in [0.15, 0.2) is 0 Å². The molecule has 0 amide bonds. The van der Waals surface area contributed by atoms with Gasteiger partial charge in [-0.25, -0.2) is 4.98 Å². The molecule has 0 N–H and O–H groups in total. The van der Waals surface area contributed by atoms with Crippen LogP contribution in [0.4, 0.5) is 0 Å². The highest BCUT2D eigenvalue weighted by Crippen LogP contribution is 2.25. The number of pyridine rings is 2. The van der Waals surface area contributed by atoms with Crippen molar-refractivity contribution in [3.8, 4) is 29.0 Å². The zero-order valence-corrected chi connectivity index (χ0v) is 10.7. The van der Waals surface area contributed by atoms with Crippen LogP contribution in [0, 0.1) is 11.3 Å². The molecule has 3 aromatic heterocycles. The zero-order chi connectivity index (χ0) is 13.9. The monoisotopic (exact) mass is 283 g/mol. The van der Waals surface area contributed by atoms with E-state index in [9.17, 15) is 0 Å². The Hall–Kier alpha value is -2.78. The molecule has 96 valence electrons. The summed E-state index contributed by atoms with van der Waals surface area (Å²) in [6.45, 7) is 0. The van der Waals surface area contributed by atoms with Crippen LogP contribution in [-0.2, 0) is 0 Å². The smallest absolute Gasteiger partial charge is 0.258 e. The lowest BCUT2D eigenvalue weighted by Crippen LogP contribution is -1.87. The first-order chi connectivity index (χ1) is 9.78. The topological polar surface area (TPSA) is 88.5 Å². The van der Waals surface area contributed by atoms with Gasteiger partial charge in [0.25, 0.3) is 5.89 Å². The summed E-state index contributed by atoms with van der Waals surface area (Å²) >= 11 is 6.02. The molecule has 0 aliphatic rings. The number of halogens is 1. The van der Waals surface area contributed by atoms with Gasteiger partial charge < -0.3 is 4.52 Å². The van der Waals surface area contributed by atoms with Gasteiger partial charge in [0.1, 0.15) is 17.5 Å². The molecule has 0 aromatic carbocycles. The Kier molecular flexibility index (Phi) is 3.11. The van der Waals surface area contributed by atoms with Crippen LogP contribution < -0.4 is 0 Å². The first kappa shape index (κ1) is 12.3. The van der Waals surface area contributed by atoms with Crippen LogP contribution in [0.1, 0.15) is 5.69 Å². The van der Waals surface area contributed by atoms with E-state index in [4.69, 9.17) is 21.4 Å². The second kappa shape index (κ2) is 5.07. The van der Waals surface area contributed by atoms with Crippen molar-refractivity contribution in [2.75, 3.05) is 0 Å². The van der Waals surface area contributed by atoms with Gasteiger partial charge in [-0.3, -0.25) is 4.98 Å². The van der Waals surface area contributed by atoms with Crippen molar-refractivity contribution >= 4 is 11.6 Å². The molecule has 0 unspecified atom stereocenters. The van der Waals surface area contributed by atoms with E-state index in [1.165, 1.54) is 6.20 Å². The van der Waals surface area contributed by atoms with Crippen LogP contribution in [0.3, 0.4) is 0 Å². The second-order valence-corrected chi connectivity index (χ2v) is 4.21. The molecular formula is C13H6ClN5O. The number of rotatable bonds is 2. The summed E-state index contributed by atoms with van der Waals surface area (Å²) in [7, 11) is 0. The van der Waals surface area contributed by atoms with Crippen molar-refractivity contribution in [1.29, 1.82) is 5.26 Å². The minimum absolute atomic E-state index is 0.276. The van der Waals surface area contributed by atoms with E-state index >= 15 is 0 Å². The molecule has 3 rings (SSSR count). The summed E-state index contributed by atoms with van der Waals surface area (Å²) in [5.41, 5.74) is 1.33. The van der Waals surface area contributed by atoms with Crippen LogP contribution in [-0.4, -0.2) is 20.1 Å². The summed E-state index contributed by atoms with van der Waals surface area (Å²) in [6.07, 6.45) is 3.10. The molecule has 0 radical (unpaired) electrons. The van der Waals surface area contributed by atoms with E-state index in [2.05, 4.69) is 20.1 Å². The van der Waals surface area contributed by atoms with Gasteiger partial charge >= 0.3 is 0 Å². The van der Waals surface area contributed by atoms with E-state index in [0.717, 1.165) is 0 Å². The molecule has 0 saturated carbocycles. The Morgan fingerprint density at radius 3 is 2.90 bits per heavy atom. The summed E-state index contributed by atoms with van der Waals surface area (Å²) in [6, 6.07) is 8.61. The van der Waals surface area contributed by atoms with Crippen LogP contribution in [0.25, 0.3) is 23.0 Å². The molecule has 3 heterocycles. The highest BCUT2D eigenvalue weighted by atomic mass is 35.5. The van der Waals surface area contributed by atoms with Gasteiger partial charge in [-0.2, -0.15) is 10.2 Å². The van der Waals surface area contributed by atoms with Crippen LogP contribution in [0.15, 0.2) is 41.2 Å². The van der Waals surface area contributed by atoms with Crippen molar-refractivity contribution in [3.63, 3.8) is 0 Å². The third-order valence-corrected chi connectivity index (χ3v) is 2.82. The fourth-order valence-corrected chi connectivity index (χ4v) is 1.82. The van der Waals surface area contributed by atoms with Gasteiger partial charge in [0.2, 0.25) is 5.82 Å². The van der Waals surface area contributed by atoms with Crippen molar-refractivity contribution in [3.05, 3.63) is 47.4 Å². The Labute approximate surface area is 118 Å². The van der Waals surface area contributed by atoms with Crippen LogP contribution in [0.2, 0.25) is 5.02 Å². The lowest BCUT2D eigenvalue weighted by Gasteiger charge is -1.95. The predicted octanol–water partition coefficient (Wildman–Crippen LogP) is 2.72. The molecule has 20 heavy (non-hydrogen) atoms. The highest BCUT2D eigenvalue weighted by Gasteiger charge is 2.14. The average Bonchev–Trinajstić information content (AvgIpc) is 2.97. The third kappa shape index (κ3) is 2.22. The molecule has 0 atom stereocenters. The van der Waals surface area contributed by atoms with Crippen molar-refractivity contribution in [2.45, 2.75) is 0 Å². The maximum Gasteiger partial charge on any atom is 0.258 e. The molecule has 6 nitrogen and oxygen atoms in total. The van der Waals surface area contributed by atoms with E-state index in [0.29, 0.717) is 22.1 Å². The maximum absolute atomic E-state index is 8.82. The molecule has 7 heteroatoms. The lowest BCUT2D eigenvalue weighted by atomic mass is 10.2. The fourth-order valence-electron chi connectivity index (χ4n) is 1.61. The number of hydrogen-bond acceptors (Lipinski definition) is 6. The highest BCUT2D eigenvalue weighted by molar-refractivity contribution is 6.32. The lowest BCUT2D eigenvalue weighted by molar-refractivity contribution is 0.432. The van der Waals surface area contributed by atoms with Crippen LogP contribution >= 0.6 is 11.6 Å². The molecule has 0 aliphatic heterocycles. The van der Waals surface area contributed by atoms with Gasteiger partial charge in [0, 0.05) is 18.0 Å². The Balaban J connectivity index is 2.02. The second-order valence-electron chi connectivity index (χ2n) is 3.80. The molecule has 0 fully saturated rings. The first-order valence-corrected chi connectivity index (χ1v) is 5.97. The normalized spacial score (nSPS) is 10.2. The zero-order valence-electron chi connectivity index (χ0n) is 9.99. The Bertz CT molecular complexity index is 808. The van der Waals surface area contributed by atoms with Crippen LogP contribution in [0.5, 0.6) is 0 Å². The van der Waals surface area contributed by atoms with Crippen molar-refractivity contribution < 1.29 is 4.52 Å². The SMILES string of the molecule is N#Cc1cc(-c2nc(-c3ncccc3Cl)no2)ccn1. The average molecular weight is 284 g/mol. The summed E-state index contributed by atoms with van der Waals surface area (Å²) in [4.78, 5) is 12.2. The fraction of sp³-hybridized carbons (Fsp3) is 0. The largest absolute Gasteiger partial charge is 0.334 e. The Morgan fingerprint density at radius 2 is 2.10 bits per heavy atom. The predicted molar refractivity (Wildman–Crippen MR) is 70.5 cm³/mol. The summed E-state index contributed by atoms with van der Waals surface area (Å²) in [5, 5.41) is 13.1.